The van der Waals surface area contributed by atoms with Crippen LogP contribution in [0.3, 0.4) is 0 Å². The Labute approximate surface area is 138 Å². The second-order valence-corrected chi connectivity index (χ2v) is 6.31. The number of ketones is 1. The van der Waals surface area contributed by atoms with Crippen LogP contribution >= 0.6 is 0 Å². The van der Waals surface area contributed by atoms with Crippen LogP contribution in [0, 0.1) is 11.8 Å². The zero-order valence-corrected chi connectivity index (χ0v) is 14.2. The summed E-state index contributed by atoms with van der Waals surface area (Å²) in [6.45, 7) is 3.87. The van der Waals surface area contributed by atoms with Crippen LogP contribution in [0.15, 0.2) is 12.2 Å². The average molecular weight is 326 g/mol. The third-order valence-electron chi connectivity index (χ3n) is 4.30. The van der Waals surface area contributed by atoms with Crippen molar-refractivity contribution in [1.29, 1.82) is 0 Å². The fraction of sp³-hybridized carbons (Fsp3) is 0.778. The molecule has 0 spiro atoms. The summed E-state index contributed by atoms with van der Waals surface area (Å²) < 4.78 is 4.88. The van der Waals surface area contributed by atoms with Gasteiger partial charge in [0.1, 0.15) is 5.78 Å². The smallest absolute Gasteiger partial charge is 0.305 e. The molecule has 1 saturated carbocycles. The van der Waals surface area contributed by atoms with Crippen LogP contribution in [-0.4, -0.2) is 40.8 Å². The Morgan fingerprint density at radius 2 is 2.04 bits per heavy atom. The SMILES string of the molecule is CCOC(=O)CCCCCC[C@@H]1C(=O)C[C@@H](O)[C@@H]1/C=C/C(C)O. The molecule has 0 radical (unpaired) electrons. The Bertz CT molecular complexity index is 402. The van der Waals surface area contributed by atoms with Gasteiger partial charge in [-0.2, -0.15) is 0 Å². The number of carbonyl (C=O) groups excluding carboxylic acids is 2. The van der Waals surface area contributed by atoms with Crippen molar-refractivity contribution >= 4 is 11.8 Å². The molecule has 1 unspecified atom stereocenters. The first-order chi connectivity index (χ1) is 11.0. The van der Waals surface area contributed by atoms with E-state index in [-0.39, 0.29) is 30.0 Å². The molecule has 0 aromatic rings. The van der Waals surface area contributed by atoms with E-state index in [0.717, 1.165) is 32.1 Å². The van der Waals surface area contributed by atoms with Gasteiger partial charge in [-0.25, -0.2) is 0 Å². The van der Waals surface area contributed by atoms with E-state index >= 15 is 0 Å². The van der Waals surface area contributed by atoms with Crippen molar-refractivity contribution in [2.75, 3.05) is 6.61 Å². The maximum Gasteiger partial charge on any atom is 0.305 e. The normalized spacial score (nSPS) is 25.9. The van der Waals surface area contributed by atoms with Gasteiger partial charge in [0, 0.05) is 24.7 Å². The molecule has 0 amide bonds. The Hall–Kier alpha value is -1.20. The van der Waals surface area contributed by atoms with Crippen LogP contribution in [0.1, 0.15) is 58.8 Å². The molecule has 1 aliphatic carbocycles. The molecule has 0 aliphatic heterocycles. The second kappa shape index (κ2) is 10.6. The number of rotatable bonds is 10. The predicted molar refractivity (Wildman–Crippen MR) is 87.8 cm³/mol. The van der Waals surface area contributed by atoms with Crippen LogP contribution in [0.5, 0.6) is 0 Å². The first kappa shape index (κ1) is 19.8. The molecule has 1 rings (SSSR count). The lowest BCUT2D eigenvalue weighted by molar-refractivity contribution is -0.143. The van der Waals surface area contributed by atoms with Gasteiger partial charge in [-0.05, 0) is 26.7 Å². The van der Waals surface area contributed by atoms with Crippen molar-refractivity contribution in [1.82, 2.24) is 0 Å². The lowest BCUT2D eigenvalue weighted by Gasteiger charge is -2.17. The van der Waals surface area contributed by atoms with E-state index < -0.39 is 12.2 Å². The quantitative estimate of drug-likeness (QED) is 0.366. The van der Waals surface area contributed by atoms with Gasteiger partial charge in [0.15, 0.2) is 0 Å². The maximum atomic E-state index is 12.0. The van der Waals surface area contributed by atoms with E-state index in [1.807, 2.05) is 0 Å². The summed E-state index contributed by atoms with van der Waals surface area (Å²) in [6, 6.07) is 0. The van der Waals surface area contributed by atoms with Gasteiger partial charge in [-0.15, -0.1) is 0 Å². The average Bonchev–Trinajstić information content (AvgIpc) is 2.74. The van der Waals surface area contributed by atoms with E-state index in [0.29, 0.717) is 13.0 Å². The van der Waals surface area contributed by atoms with E-state index in [1.165, 1.54) is 0 Å². The summed E-state index contributed by atoms with van der Waals surface area (Å²) in [7, 11) is 0. The molecule has 0 heterocycles. The first-order valence-electron chi connectivity index (χ1n) is 8.68. The fourth-order valence-corrected chi connectivity index (χ4v) is 3.10. The molecule has 5 heteroatoms. The van der Waals surface area contributed by atoms with E-state index in [4.69, 9.17) is 4.74 Å². The number of ether oxygens (including phenoxy) is 1. The molecule has 5 nitrogen and oxygen atoms in total. The summed E-state index contributed by atoms with van der Waals surface area (Å²) in [5.74, 6) is -0.365. The second-order valence-electron chi connectivity index (χ2n) is 6.31. The number of Topliss-reactive ketones (excluding diaryl/α,β-unsaturated/α-hetero) is 1. The van der Waals surface area contributed by atoms with E-state index in [2.05, 4.69) is 0 Å². The molecular formula is C18H30O5. The highest BCUT2D eigenvalue weighted by molar-refractivity contribution is 5.84. The van der Waals surface area contributed by atoms with Gasteiger partial charge in [0.25, 0.3) is 0 Å². The van der Waals surface area contributed by atoms with Crippen LogP contribution in [-0.2, 0) is 14.3 Å². The number of aliphatic hydroxyl groups excluding tert-OH is 2. The number of hydrogen-bond acceptors (Lipinski definition) is 5. The Balaban J connectivity index is 2.28. The highest BCUT2D eigenvalue weighted by Crippen LogP contribution is 2.34. The summed E-state index contributed by atoms with van der Waals surface area (Å²) in [5.41, 5.74) is 0. The van der Waals surface area contributed by atoms with E-state index in [1.54, 1.807) is 26.0 Å². The molecule has 4 atom stereocenters. The van der Waals surface area contributed by atoms with Gasteiger partial charge in [0.2, 0.25) is 0 Å². The molecule has 23 heavy (non-hydrogen) atoms. The van der Waals surface area contributed by atoms with Crippen molar-refractivity contribution in [2.45, 2.75) is 71.0 Å². The van der Waals surface area contributed by atoms with Gasteiger partial charge in [0.05, 0.1) is 18.8 Å². The van der Waals surface area contributed by atoms with Crippen LogP contribution in [0.25, 0.3) is 0 Å². The Morgan fingerprint density at radius 3 is 2.70 bits per heavy atom. The molecule has 0 aromatic heterocycles. The van der Waals surface area contributed by atoms with Crippen molar-refractivity contribution in [3.63, 3.8) is 0 Å². The third-order valence-corrected chi connectivity index (χ3v) is 4.30. The molecule has 0 saturated heterocycles. The number of hydrogen-bond donors (Lipinski definition) is 2. The topological polar surface area (TPSA) is 83.8 Å². The Kier molecular flexibility index (Phi) is 9.10. The zero-order valence-electron chi connectivity index (χ0n) is 14.2. The Morgan fingerprint density at radius 1 is 1.35 bits per heavy atom. The van der Waals surface area contributed by atoms with Gasteiger partial charge >= 0.3 is 5.97 Å². The number of carbonyl (C=O) groups is 2. The monoisotopic (exact) mass is 326 g/mol. The van der Waals surface area contributed by atoms with Crippen molar-refractivity contribution < 1.29 is 24.5 Å². The fourth-order valence-electron chi connectivity index (χ4n) is 3.10. The summed E-state index contributed by atoms with van der Waals surface area (Å²) in [6.07, 6.45) is 7.26. The standard InChI is InChI=1S/C18H30O5/c1-3-23-18(22)9-7-5-4-6-8-14-15(11-10-13(2)19)17(21)12-16(14)20/h10-11,13-15,17,19,21H,3-9,12H2,1-2H3/b11-10+/t13?,14-,15+,17+/m0/s1. The lowest BCUT2D eigenvalue weighted by Crippen LogP contribution is -2.19. The minimum absolute atomic E-state index is 0.115. The predicted octanol–water partition coefficient (Wildman–Crippen LogP) is 2.39. The van der Waals surface area contributed by atoms with Gasteiger partial charge in [-0.1, -0.05) is 31.4 Å². The van der Waals surface area contributed by atoms with Crippen molar-refractivity contribution in [3.8, 4) is 0 Å². The minimum atomic E-state index is -0.633. The van der Waals surface area contributed by atoms with Crippen LogP contribution in [0.2, 0.25) is 0 Å². The van der Waals surface area contributed by atoms with Crippen molar-refractivity contribution in [3.05, 3.63) is 12.2 Å². The number of esters is 1. The zero-order chi connectivity index (χ0) is 17.2. The lowest BCUT2D eigenvalue weighted by atomic mass is 9.88. The third kappa shape index (κ3) is 7.27. The molecule has 1 fully saturated rings. The molecule has 0 aromatic carbocycles. The van der Waals surface area contributed by atoms with Crippen LogP contribution in [0.4, 0.5) is 0 Å². The summed E-state index contributed by atoms with van der Waals surface area (Å²) in [4.78, 5) is 23.2. The summed E-state index contributed by atoms with van der Waals surface area (Å²) in [5, 5.41) is 19.3. The largest absolute Gasteiger partial charge is 0.466 e. The minimum Gasteiger partial charge on any atom is -0.466 e. The molecule has 2 N–H and O–H groups in total. The number of unbranched alkanes of at least 4 members (excludes halogenated alkanes) is 3. The number of aliphatic hydroxyl groups is 2. The first-order valence-corrected chi connectivity index (χ1v) is 8.68. The highest BCUT2D eigenvalue weighted by atomic mass is 16.5. The molecule has 0 bridgehead atoms. The van der Waals surface area contributed by atoms with E-state index in [9.17, 15) is 19.8 Å². The molecular weight excluding hydrogens is 296 g/mol. The van der Waals surface area contributed by atoms with Crippen LogP contribution < -0.4 is 0 Å². The molecule has 1 aliphatic rings. The summed E-state index contributed by atoms with van der Waals surface area (Å²) >= 11 is 0. The van der Waals surface area contributed by atoms with Crippen molar-refractivity contribution in [2.24, 2.45) is 11.8 Å². The van der Waals surface area contributed by atoms with Gasteiger partial charge < -0.3 is 14.9 Å². The molecule has 132 valence electrons. The van der Waals surface area contributed by atoms with Gasteiger partial charge in [-0.3, -0.25) is 9.59 Å². The highest BCUT2D eigenvalue weighted by Gasteiger charge is 2.39. The maximum absolute atomic E-state index is 12.0.